The van der Waals surface area contributed by atoms with Gasteiger partial charge in [0.05, 0.1) is 16.0 Å². The van der Waals surface area contributed by atoms with E-state index in [2.05, 4.69) is 0 Å². The second kappa shape index (κ2) is 9.12. The van der Waals surface area contributed by atoms with Crippen LogP contribution in [0.15, 0.2) is 47.4 Å². The van der Waals surface area contributed by atoms with E-state index in [4.69, 9.17) is 9.47 Å². The molecule has 0 aliphatic carbocycles. The van der Waals surface area contributed by atoms with Gasteiger partial charge in [0.25, 0.3) is 10.0 Å². The summed E-state index contributed by atoms with van der Waals surface area (Å²) in [6.07, 6.45) is -10.4. The molecule has 0 saturated heterocycles. The number of hydrogen-bond acceptors (Lipinski definition) is 5. The molecule has 2 rings (SSSR count). The van der Waals surface area contributed by atoms with E-state index in [1.807, 2.05) is 4.72 Å². The van der Waals surface area contributed by atoms with Crippen LogP contribution in [0.5, 0.6) is 5.75 Å². The first-order chi connectivity index (χ1) is 14.9. The Morgan fingerprint density at radius 2 is 1.36 bits per heavy atom. The lowest BCUT2D eigenvalue weighted by molar-refractivity contribution is -0.157. The lowest BCUT2D eigenvalue weighted by Gasteiger charge is -2.19. The molecule has 33 heavy (non-hydrogen) atoms. The van der Waals surface area contributed by atoms with Crippen molar-refractivity contribution in [2.75, 3.05) is 11.3 Å². The summed E-state index contributed by atoms with van der Waals surface area (Å²) < 4.78 is 115. The predicted molar refractivity (Wildman–Crippen MR) is 105 cm³/mol. The van der Waals surface area contributed by atoms with Crippen LogP contribution in [0.1, 0.15) is 31.9 Å². The van der Waals surface area contributed by atoms with Crippen LogP contribution in [-0.2, 0) is 31.9 Å². The van der Waals surface area contributed by atoms with E-state index >= 15 is 0 Å². The van der Waals surface area contributed by atoms with Crippen LogP contribution >= 0.6 is 0 Å². The van der Waals surface area contributed by atoms with Crippen LogP contribution in [0.25, 0.3) is 0 Å². The molecule has 0 saturated carbocycles. The molecule has 2 aromatic rings. The number of sulfonamides is 1. The molecule has 0 spiro atoms. The molecule has 0 radical (unpaired) electrons. The number of anilines is 1. The number of carbonyl (C=O) groups excluding carboxylic acids is 1. The minimum Gasteiger partial charge on any atom is -0.482 e. The van der Waals surface area contributed by atoms with Gasteiger partial charge in [0.15, 0.2) is 6.61 Å². The second-order valence-electron chi connectivity index (χ2n) is 7.75. The Bertz CT molecular complexity index is 1070. The van der Waals surface area contributed by atoms with Crippen LogP contribution in [0.4, 0.5) is 32.0 Å². The van der Waals surface area contributed by atoms with E-state index < -0.39 is 56.6 Å². The first-order valence-corrected chi connectivity index (χ1v) is 10.6. The fraction of sp³-hybridized carbons (Fsp3) is 0.350. The summed E-state index contributed by atoms with van der Waals surface area (Å²) in [5.74, 6) is -0.514. The molecule has 0 aliphatic heterocycles. The molecule has 0 aromatic heterocycles. The number of alkyl halides is 6. The molecular weight excluding hydrogens is 480 g/mol. The number of halogens is 6. The number of ether oxygens (including phenoxy) is 2. The predicted octanol–water partition coefficient (Wildman–Crippen LogP) is 5.25. The summed E-state index contributed by atoms with van der Waals surface area (Å²) in [7, 11) is -4.80. The standard InChI is InChI=1S/C20H19F6NO5S/c1-18(2,3)32-17(28)11-31-15-6-4-14(5-7-15)27-33(29,30)16-9-12(19(21,22)23)8-13(10-16)20(24,25)26/h4-10,27H,11H2,1-3H3. The normalized spacial score (nSPS) is 12.9. The number of benzene rings is 2. The Hall–Kier alpha value is -2.96. The number of hydrogen-bond donors (Lipinski definition) is 1. The first-order valence-electron chi connectivity index (χ1n) is 9.14. The van der Waals surface area contributed by atoms with Gasteiger partial charge in [-0.05, 0) is 63.2 Å². The molecule has 1 N–H and O–H groups in total. The molecule has 0 bridgehead atoms. The van der Waals surface area contributed by atoms with Crippen molar-refractivity contribution < 1.29 is 49.0 Å². The first kappa shape index (κ1) is 26.3. The second-order valence-corrected chi connectivity index (χ2v) is 9.43. The summed E-state index contributed by atoms with van der Waals surface area (Å²) in [6, 6.07) is 4.84. The van der Waals surface area contributed by atoms with Gasteiger partial charge in [-0.3, -0.25) is 4.72 Å². The largest absolute Gasteiger partial charge is 0.482 e. The topological polar surface area (TPSA) is 81.7 Å². The maximum atomic E-state index is 13.0. The zero-order valence-corrected chi connectivity index (χ0v) is 18.3. The minimum atomic E-state index is -5.20. The van der Waals surface area contributed by atoms with Crippen molar-refractivity contribution in [2.45, 2.75) is 43.6 Å². The van der Waals surface area contributed by atoms with Crippen molar-refractivity contribution >= 4 is 21.7 Å². The zero-order valence-electron chi connectivity index (χ0n) is 17.5. The highest BCUT2D eigenvalue weighted by atomic mass is 32.2. The van der Waals surface area contributed by atoms with Crippen LogP contribution in [0.3, 0.4) is 0 Å². The van der Waals surface area contributed by atoms with Gasteiger partial charge >= 0.3 is 18.3 Å². The van der Waals surface area contributed by atoms with E-state index in [0.29, 0.717) is 0 Å². The van der Waals surface area contributed by atoms with Crippen LogP contribution in [0.2, 0.25) is 0 Å². The van der Waals surface area contributed by atoms with Gasteiger partial charge in [0.2, 0.25) is 0 Å². The third-order valence-corrected chi connectivity index (χ3v) is 5.12. The summed E-state index contributed by atoms with van der Waals surface area (Å²) >= 11 is 0. The molecule has 0 heterocycles. The quantitative estimate of drug-likeness (QED) is 0.434. The highest BCUT2D eigenvalue weighted by Crippen LogP contribution is 2.37. The minimum absolute atomic E-state index is 0.107. The molecule has 0 amide bonds. The van der Waals surface area contributed by atoms with Gasteiger partial charge in [0, 0.05) is 5.69 Å². The van der Waals surface area contributed by atoms with E-state index in [0.717, 1.165) is 12.1 Å². The fourth-order valence-electron chi connectivity index (χ4n) is 2.43. The molecule has 0 aliphatic rings. The van der Waals surface area contributed by atoms with Crippen LogP contribution in [0, 0.1) is 0 Å². The summed E-state index contributed by atoms with van der Waals surface area (Å²) in [5.41, 5.74) is -4.41. The highest BCUT2D eigenvalue weighted by molar-refractivity contribution is 7.92. The monoisotopic (exact) mass is 499 g/mol. The molecule has 0 unspecified atom stereocenters. The average molecular weight is 499 g/mol. The third-order valence-electron chi connectivity index (χ3n) is 3.75. The van der Waals surface area contributed by atoms with Crippen molar-refractivity contribution in [3.63, 3.8) is 0 Å². The SMILES string of the molecule is CC(C)(C)OC(=O)COc1ccc(NS(=O)(=O)c2cc(C(F)(F)F)cc(C(F)(F)F)c2)cc1. The van der Waals surface area contributed by atoms with Crippen molar-refractivity contribution in [1.82, 2.24) is 0 Å². The van der Waals surface area contributed by atoms with Gasteiger partial charge in [-0.1, -0.05) is 0 Å². The highest BCUT2D eigenvalue weighted by Gasteiger charge is 2.38. The van der Waals surface area contributed by atoms with Crippen LogP contribution < -0.4 is 9.46 Å². The zero-order chi connectivity index (χ0) is 25.2. The molecule has 182 valence electrons. The number of nitrogens with one attached hydrogen (secondary N) is 1. The lowest BCUT2D eigenvalue weighted by Crippen LogP contribution is -2.27. The number of carbonyl (C=O) groups is 1. The van der Waals surface area contributed by atoms with Gasteiger partial charge in [-0.25, -0.2) is 13.2 Å². The van der Waals surface area contributed by atoms with Gasteiger partial charge in [-0.2, -0.15) is 26.3 Å². The van der Waals surface area contributed by atoms with E-state index in [9.17, 15) is 39.6 Å². The van der Waals surface area contributed by atoms with Gasteiger partial charge in [0.1, 0.15) is 11.4 Å². The molecular formula is C20H19F6NO5S. The number of esters is 1. The summed E-state index contributed by atoms with van der Waals surface area (Å²) in [5, 5.41) is 0. The summed E-state index contributed by atoms with van der Waals surface area (Å²) in [6.45, 7) is 4.54. The Balaban J connectivity index is 2.21. The van der Waals surface area contributed by atoms with E-state index in [1.165, 1.54) is 12.1 Å². The molecule has 13 heteroatoms. The molecule has 6 nitrogen and oxygen atoms in total. The lowest BCUT2D eigenvalue weighted by atomic mass is 10.1. The Kier molecular flexibility index (Phi) is 7.27. The van der Waals surface area contributed by atoms with Crippen molar-refractivity contribution in [3.05, 3.63) is 53.6 Å². The van der Waals surface area contributed by atoms with Gasteiger partial charge < -0.3 is 9.47 Å². The van der Waals surface area contributed by atoms with Gasteiger partial charge in [-0.15, -0.1) is 0 Å². The average Bonchev–Trinajstić information content (AvgIpc) is 2.64. The summed E-state index contributed by atoms with van der Waals surface area (Å²) in [4.78, 5) is 10.4. The molecule has 2 aromatic carbocycles. The Morgan fingerprint density at radius 3 is 1.79 bits per heavy atom. The maximum Gasteiger partial charge on any atom is 0.416 e. The fourth-order valence-corrected chi connectivity index (χ4v) is 3.56. The van der Waals surface area contributed by atoms with Crippen LogP contribution in [-0.4, -0.2) is 26.6 Å². The maximum absolute atomic E-state index is 13.0. The van der Waals surface area contributed by atoms with Crippen molar-refractivity contribution in [2.24, 2.45) is 0 Å². The molecule has 0 atom stereocenters. The Labute approximate surface area is 185 Å². The molecule has 0 fully saturated rings. The van der Waals surface area contributed by atoms with Crippen molar-refractivity contribution in [3.8, 4) is 5.75 Å². The Morgan fingerprint density at radius 1 is 0.879 bits per heavy atom. The van der Waals surface area contributed by atoms with Crippen molar-refractivity contribution in [1.29, 1.82) is 0 Å². The third kappa shape index (κ3) is 7.84. The smallest absolute Gasteiger partial charge is 0.416 e. The number of rotatable bonds is 6. The van der Waals surface area contributed by atoms with E-state index in [-0.39, 0.29) is 29.6 Å². The van der Waals surface area contributed by atoms with E-state index in [1.54, 1.807) is 20.8 Å².